The number of aryl methyl sites for hydroxylation is 1. The number of aromatic amines is 1. The second kappa shape index (κ2) is 4.60. The summed E-state index contributed by atoms with van der Waals surface area (Å²) >= 11 is 6.14. The number of hydrogen-bond donors (Lipinski definition) is 3. The van der Waals surface area contributed by atoms with Crippen molar-refractivity contribution in [3.8, 4) is 0 Å². The maximum atomic E-state index is 11.8. The molecule has 0 aliphatic rings. The van der Waals surface area contributed by atoms with E-state index in [4.69, 9.17) is 18.0 Å². The lowest BCUT2D eigenvalue weighted by Crippen LogP contribution is -2.16. The Morgan fingerprint density at radius 1 is 1.59 bits per heavy atom. The number of amides is 1. The summed E-state index contributed by atoms with van der Waals surface area (Å²) in [5.41, 5.74) is 6.00. The minimum Gasteiger partial charge on any atom is -0.389 e. The zero-order valence-electron chi connectivity index (χ0n) is 8.85. The summed E-state index contributed by atoms with van der Waals surface area (Å²) in [5, 5.41) is 9.88. The van der Waals surface area contributed by atoms with Gasteiger partial charge < -0.3 is 11.1 Å². The van der Waals surface area contributed by atoms with Crippen LogP contribution < -0.4 is 11.1 Å². The van der Waals surface area contributed by atoms with Crippen LogP contribution in [0.3, 0.4) is 0 Å². The molecule has 0 aromatic carbocycles. The molecule has 6 nitrogen and oxygen atoms in total. The Kier molecular flexibility index (Phi) is 3.16. The lowest BCUT2D eigenvalue weighted by atomic mass is 10.3. The summed E-state index contributed by atoms with van der Waals surface area (Å²) in [6, 6.07) is 0. The molecular formula is C9H9N5OS2. The Labute approximate surface area is 106 Å². The van der Waals surface area contributed by atoms with Gasteiger partial charge in [-0.05, 0) is 6.92 Å². The average Bonchev–Trinajstić information content (AvgIpc) is 2.86. The van der Waals surface area contributed by atoms with E-state index < -0.39 is 0 Å². The van der Waals surface area contributed by atoms with Crippen LogP contribution in [0, 0.1) is 6.92 Å². The molecule has 1 amide bonds. The van der Waals surface area contributed by atoms with E-state index in [2.05, 4.69) is 20.5 Å². The van der Waals surface area contributed by atoms with Crippen LogP contribution in [-0.4, -0.2) is 26.1 Å². The minimum absolute atomic E-state index is 0.175. The summed E-state index contributed by atoms with van der Waals surface area (Å²) in [5.74, 6) is 0.130. The maximum absolute atomic E-state index is 11.8. The fourth-order valence-electron chi connectivity index (χ4n) is 1.21. The predicted molar refractivity (Wildman–Crippen MR) is 69.3 cm³/mol. The second-order valence-corrected chi connectivity index (χ2v) is 4.90. The molecule has 4 N–H and O–H groups in total. The van der Waals surface area contributed by atoms with Crippen LogP contribution >= 0.6 is 23.6 Å². The van der Waals surface area contributed by atoms with Crippen molar-refractivity contribution >= 4 is 40.3 Å². The van der Waals surface area contributed by atoms with Gasteiger partial charge in [0.2, 0.25) is 0 Å². The first-order chi connectivity index (χ1) is 8.08. The molecule has 2 aromatic heterocycles. The molecule has 0 saturated carbocycles. The van der Waals surface area contributed by atoms with Gasteiger partial charge in [-0.1, -0.05) is 12.2 Å². The highest BCUT2D eigenvalue weighted by atomic mass is 32.1. The van der Waals surface area contributed by atoms with E-state index in [-0.39, 0.29) is 10.9 Å². The average molecular weight is 267 g/mol. The number of nitrogens with two attached hydrogens (primary N) is 1. The Balaban J connectivity index is 2.18. The van der Waals surface area contributed by atoms with E-state index in [9.17, 15) is 4.79 Å². The molecule has 2 aromatic rings. The first-order valence-electron chi connectivity index (χ1n) is 4.65. The molecule has 0 atom stereocenters. The van der Waals surface area contributed by atoms with E-state index in [0.29, 0.717) is 16.3 Å². The van der Waals surface area contributed by atoms with E-state index in [1.807, 2.05) is 6.92 Å². The van der Waals surface area contributed by atoms with Gasteiger partial charge in [-0.25, -0.2) is 4.98 Å². The van der Waals surface area contributed by atoms with Gasteiger partial charge in [0, 0.05) is 0 Å². The molecule has 0 spiro atoms. The van der Waals surface area contributed by atoms with Crippen molar-refractivity contribution in [2.24, 2.45) is 5.73 Å². The lowest BCUT2D eigenvalue weighted by molar-refractivity contribution is 0.103. The highest BCUT2D eigenvalue weighted by Crippen LogP contribution is 2.16. The summed E-state index contributed by atoms with van der Waals surface area (Å²) in [4.78, 5) is 16.5. The van der Waals surface area contributed by atoms with Crippen LogP contribution in [0.2, 0.25) is 0 Å². The lowest BCUT2D eigenvalue weighted by Gasteiger charge is -2.02. The highest BCUT2D eigenvalue weighted by molar-refractivity contribution is 7.80. The number of anilines is 1. The number of carbonyl (C=O) groups excluding carboxylic acids is 1. The molecule has 0 unspecified atom stereocenters. The highest BCUT2D eigenvalue weighted by Gasteiger charge is 2.14. The second-order valence-electron chi connectivity index (χ2n) is 3.22. The molecule has 0 radical (unpaired) electrons. The third-order valence-corrected chi connectivity index (χ3v) is 3.12. The van der Waals surface area contributed by atoms with Crippen LogP contribution in [0.15, 0.2) is 12.4 Å². The standard InChI is InChI=1S/C9H9N5OS2/c1-4-11-3-6(17-4)9(15)13-8-5(7(10)16)2-12-14-8/h2-3H,1H3,(H2,10,16)(H2,12,13,14,15). The van der Waals surface area contributed by atoms with Gasteiger partial charge in [-0.2, -0.15) is 5.10 Å². The van der Waals surface area contributed by atoms with Crippen LogP contribution in [0.5, 0.6) is 0 Å². The molecule has 8 heteroatoms. The van der Waals surface area contributed by atoms with Gasteiger partial charge in [0.05, 0.1) is 23.0 Å². The van der Waals surface area contributed by atoms with Crippen molar-refractivity contribution < 1.29 is 4.79 Å². The number of carbonyl (C=O) groups is 1. The largest absolute Gasteiger partial charge is 0.389 e. The number of aromatic nitrogens is 3. The number of thiocarbonyl (C=S) groups is 1. The van der Waals surface area contributed by atoms with Crippen LogP contribution in [-0.2, 0) is 0 Å². The maximum Gasteiger partial charge on any atom is 0.268 e. The van der Waals surface area contributed by atoms with Crippen molar-refractivity contribution in [3.05, 3.63) is 27.8 Å². The third-order valence-electron chi connectivity index (χ3n) is 1.99. The normalized spacial score (nSPS) is 10.2. The third kappa shape index (κ3) is 2.48. The molecule has 0 saturated heterocycles. The van der Waals surface area contributed by atoms with E-state index >= 15 is 0 Å². The Bertz CT molecular complexity index is 573. The molecular weight excluding hydrogens is 258 g/mol. The number of nitrogens with one attached hydrogen (secondary N) is 2. The van der Waals surface area contributed by atoms with Gasteiger partial charge in [-0.15, -0.1) is 11.3 Å². The number of rotatable bonds is 3. The van der Waals surface area contributed by atoms with Crippen molar-refractivity contribution in [1.82, 2.24) is 15.2 Å². The summed E-state index contributed by atoms with van der Waals surface area (Å²) < 4.78 is 0. The van der Waals surface area contributed by atoms with Crippen molar-refractivity contribution in [1.29, 1.82) is 0 Å². The van der Waals surface area contributed by atoms with Crippen LogP contribution in [0.1, 0.15) is 20.2 Å². The van der Waals surface area contributed by atoms with Crippen molar-refractivity contribution in [2.75, 3.05) is 5.32 Å². The molecule has 2 rings (SSSR count). The fraction of sp³-hybridized carbons (Fsp3) is 0.111. The molecule has 0 fully saturated rings. The molecule has 0 aliphatic carbocycles. The van der Waals surface area contributed by atoms with Gasteiger partial charge in [0.1, 0.15) is 15.7 Å². The number of nitrogens with zero attached hydrogens (tertiary/aromatic N) is 2. The van der Waals surface area contributed by atoms with Crippen LogP contribution in [0.25, 0.3) is 0 Å². The van der Waals surface area contributed by atoms with Gasteiger partial charge in [-0.3, -0.25) is 9.89 Å². The van der Waals surface area contributed by atoms with Crippen molar-refractivity contribution in [3.63, 3.8) is 0 Å². The summed E-state index contributed by atoms with van der Waals surface area (Å²) in [6.45, 7) is 1.83. The molecule has 0 bridgehead atoms. The molecule has 0 aliphatic heterocycles. The number of H-pyrrole nitrogens is 1. The monoisotopic (exact) mass is 267 g/mol. The van der Waals surface area contributed by atoms with Crippen LogP contribution in [0.4, 0.5) is 5.82 Å². The van der Waals surface area contributed by atoms with E-state index in [1.54, 1.807) is 0 Å². The Morgan fingerprint density at radius 3 is 2.94 bits per heavy atom. The Hall–Kier alpha value is -1.80. The van der Waals surface area contributed by atoms with Gasteiger partial charge >= 0.3 is 0 Å². The topological polar surface area (TPSA) is 96.7 Å². The molecule has 88 valence electrons. The van der Waals surface area contributed by atoms with E-state index in [1.165, 1.54) is 23.7 Å². The first kappa shape index (κ1) is 11.7. The Morgan fingerprint density at radius 2 is 2.35 bits per heavy atom. The fourth-order valence-corrected chi connectivity index (χ4v) is 2.04. The molecule has 2 heterocycles. The number of thiazole rings is 1. The van der Waals surface area contributed by atoms with E-state index in [0.717, 1.165) is 5.01 Å². The quantitative estimate of drug-likeness (QED) is 0.723. The first-order valence-corrected chi connectivity index (χ1v) is 5.87. The molecule has 17 heavy (non-hydrogen) atoms. The smallest absolute Gasteiger partial charge is 0.268 e. The van der Waals surface area contributed by atoms with Gasteiger partial charge in [0.25, 0.3) is 5.91 Å². The predicted octanol–water partition coefficient (Wildman–Crippen LogP) is 1.06. The summed E-state index contributed by atoms with van der Waals surface area (Å²) in [6.07, 6.45) is 2.99. The zero-order chi connectivity index (χ0) is 12.4. The number of hydrogen-bond acceptors (Lipinski definition) is 5. The van der Waals surface area contributed by atoms with Gasteiger partial charge in [0.15, 0.2) is 0 Å². The summed E-state index contributed by atoms with van der Waals surface area (Å²) in [7, 11) is 0. The SMILES string of the molecule is Cc1ncc(C(=O)Nc2[nH]ncc2C(N)=S)s1. The van der Waals surface area contributed by atoms with Crippen molar-refractivity contribution in [2.45, 2.75) is 6.92 Å². The minimum atomic E-state index is -0.266. The zero-order valence-corrected chi connectivity index (χ0v) is 10.5.